The second-order valence-corrected chi connectivity index (χ2v) is 7.66. The van der Waals surface area contributed by atoms with Crippen molar-refractivity contribution in [1.29, 1.82) is 0 Å². The van der Waals surface area contributed by atoms with Crippen molar-refractivity contribution in [3.8, 4) is 11.1 Å². The second-order valence-electron chi connectivity index (χ2n) is 7.66. The van der Waals surface area contributed by atoms with Crippen molar-refractivity contribution in [3.63, 3.8) is 0 Å². The first kappa shape index (κ1) is 21.0. The van der Waals surface area contributed by atoms with E-state index in [1.54, 1.807) is 12.1 Å². The van der Waals surface area contributed by atoms with Gasteiger partial charge < -0.3 is 10.1 Å². The third-order valence-corrected chi connectivity index (χ3v) is 5.37. The number of nitrogens with one attached hydrogen (secondary N) is 1. The Morgan fingerprint density at radius 1 is 1.17 bits per heavy atom. The quantitative estimate of drug-likeness (QED) is 0.605. The van der Waals surface area contributed by atoms with Crippen LogP contribution in [0, 0.1) is 11.7 Å². The van der Waals surface area contributed by atoms with Crippen LogP contribution >= 0.6 is 0 Å². The summed E-state index contributed by atoms with van der Waals surface area (Å²) >= 11 is 0. The zero-order valence-electron chi connectivity index (χ0n) is 16.8. The third kappa shape index (κ3) is 5.89. The van der Waals surface area contributed by atoms with Crippen LogP contribution in [0.25, 0.3) is 11.1 Å². The van der Waals surface area contributed by atoms with Crippen molar-refractivity contribution >= 4 is 11.9 Å². The Bertz CT molecular complexity index is 837. The van der Waals surface area contributed by atoms with Crippen LogP contribution in [-0.4, -0.2) is 17.9 Å². The minimum absolute atomic E-state index is 0.000947. The third-order valence-electron chi connectivity index (χ3n) is 5.37. The molecule has 3 rings (SSSR count). The monoisotopic (exact) mass is 397 g/mol. The topological polar surface area (TPSA) is 55.4 Å². The molecule has 1 aliphatic rings. The standard InChI is InChI=1S/C24H28FNO3/c1-2-7-20-15-19(24(28)26-20)10-6-11-23(27)29-16-17-12-13-21(22(25)14-17)18-8-4-3-5-9-18/h3-5,8-9,12-14,19-20H,2,6-7,10-11,15-16H2,1H3,(H,26,28). The van der Waals surface area contributed by atoms with Crippen LogP contribution in [0.4, 0.5) is 4.39 Å². The number of carbonyl (C=O) groups excluding carboxylic acids is 2. The van der Waals surface area contributed by atoms with Crippen molar-refractivity contribution in [2.24, 2.45) is 5.92 Å². The van der Waals surface area contributed by atoms with E-state index in [-0.39, 0.29) is 42.7 Å². The van der Waals surface area contributed by atoms with Gasteiger partial charge in [0, 0.05) is 23.9 Å². The summed E-state index contributed by atoms with van der Waals surface area (Å²) in [6, 6.07) is 14.5. The molecule has 2 atom stereocenters. The highest BCUT2D eigenvalue weighted by Gasteiger charge is 2.30. The van der Waals surface area contributed by atoms with E-state index >= 15 is 0 Å². The predicted octanol–water partition coefficient (Wildman–Crippen LogP) is 5.01. The summed E-state index contributed by atoms with van der Waals surface area (Å²) in [5.41, 5.74) is 1.95. The van der Waals surface area contributed by atoms with Crippen LogP contribution in [0.1, 0.15) is 51.0 Å². The van der Waals surface area contributed by atoms with Crippen molar-refractivity contribution in [3.05, 3.63) is 59.9 Å². The van der Waals surface area contributed by atoms with E-state index in [1.165, 1.54) is 6.07 Å². The lowest BCUT2D eigenvalue weighted by molar-refractivity contribution is -0.145. The van der Waals surface area contributed by atoms with Crippen molar-refractivity contribution in [2.45, 2.75) is 58.1 Å². The van der Waals surface area contributed by atoms with Crippen LogP contribution in [-0.2, 0) is 20.9 Å². The van der Waals surface area contributed by atoms with Crippen molar-refractivity contribution in [1.82, 2.24) is 5.32 Å². The van der Waals surface area contributed by atoms with Crippen LogP contribution in [0.3, 0.4) is 0 Å². The second kappa shape index (κ2) is 10.2. The summed E-state index contributed by atoms with van der Waals surface area (Å²) in [5.74, 6) is -0.551. The Morgan fingerprint density at radius 2 is 1.97 bits per heavy atom. The van der Waals surface area contributed by atoms with Gasteiger partial charge in [0.25, 0.3) is 0 Å². The average Bonchev–Trinajstić information content (AvgIpc) is 3.06. The molecule has 154 valence electrons. The molecule has 0 saturated carbocycles. The maximum absolute atomic E-state index is 14.4. The van der Waals surface area contributed by atoms with Gasteiger partial charge in [-0.05, 0) is 42.9 Å². The number of hydrogen-bond acceptors (Lipinski definition) is 3. The zero-order valence-corrected chi connectivity index (χ0v) is 16.8. The Labute approximate surface area is 171 Å². The number of benzene rings is 2. The van der Waals surface area contributed by atoms with E-state index in [2.05, 4.69) is 12.2 Å². The molecule has 1 heterocycles. The van der Waals surface area contributed by atoms with E-state index in [0.717, 1.165) is 24.8 Å². The SMILES string of the molecule is CCCC1CC(CCCC(=O)OCc2ccc(-c3ccccc3)c(F)c2)C(=O)N1. The highest BCUT2D eigenvalue weighted by molar-refractivity contribution is 5.81. The molecule has 2 aromatic rings. The maximum atomic E-state index is 14.4. The Hall–Kier alpha value is -2.69. The fraction of sp³-hybridized carbons (Fsp3) is 0.417. The smallest absolute Gasteiger partial charge is 0.306 e. The van der Waals surface area contributed by atoms with Crippen molar-refractivity contribution in [2.75, 3.05) is 0 Å². The number of hydrogen-bond donors (Lipinski definition) is 1. The first-order valence-electron chi connectivity index (χ1n) is 10.4. The molecule has 1 fully saturated rings. The van der Waals surface area contributed by atoms with Gasteiger partial charge in [-0.15, -0.1) is 0 Å². The number of esters is 1. The molecule has 0 aliphatic carbocycles. The molecule has 4 nitrogen and oxygen atoms in total. The Balaban J connectivity index is 1.42. The summed E-state index contributed by atoms with van der Waals surface area (Å²) < 4.78 is 19.7. The molecule has 1 N–H and O–H groups in total. The first-order valence-corrected chi connectivity index (χ1v) is 10.4. The van der Waals surface area contributed by atoms with Crippen LogP contribution < -0.4 is 5.32 Å². The van der Waals surface area contributed by atoms with Crippen LogP contribution in [0.5, 0.6) is 0 Å². The maximum Gasteiger partial charge on any atom is 0.306 e. The molecule has 2 aromatic carbocycles. The number of amides is 1. The van der Waals surface area contributed by atoms with Gasteiger partial charge >= 0.3 is 5.97 Å². The molecule has 0 bridgehead atoms. The molecule has 0 aromatic heterocycles. The normalized spacial score (nSPS) is 18.5. The van der Waals surface area contributed by atoms with E-state index in [1.807, 2.05) is 30.3 Å². The first-order chi connectivity index (χ1) is 14.1. The average molecular weight is 397 g/mol. The summed E-state index contributed by atoms with van der Waals surface area (Å²) in [5, 5.41) is 3.02. The van der Waals surface area contributed by atoms with Gasteiger partial charge in [0.05, 0.1) is 0 Å². The van der Waals surface area contributed by atoms with Gasteiger partial charge in [-0.2, -0.15) is 0 Å². The minimum atomic E-state index is -0.335. The van der Waals surface area contributed by atoms with Gasteiger partial charge in [0.15, 0.2) is 0 Å². The molecule has 29 heavy (non-hydrogen) atoms. The fourth-order valence-corrected chi connectivity index (χ4v) is 3.84. The number of carbonyl (C=O) groups is 2. The lowest BCUT2D eigenvalue weighted by Gasteiger charge is -2.09. The van der Waals surface area contributed by atoms with Gasteiger partial charge in [-0.3, -0.25) is 9.59 Å². The van der Waals surface area contributed by atoms with E-state index in [0.29, 0.717) is 24.0 Å². The predicted molar refractivity (Wildman–Crippen MR) is 110 cm³/mol. The van der Waals surface area contributed by atoms with Crippen LogP contribution in [0.2, 0.25) is 0 Å². The summed E-state index contributed by atoms with van der Waals surface area (Å²) in [7, 11) is 0. The largest absolute Gasteiger partial charge is 0.461 e. The zero-order chi connectivity index (χ0) is 20.6. The van der Waals surface area contributed by atoms with Gasteiger partial charge in [-0.1, -0.05) is 55.8 Å². The van der Waals surface area contributed by atoms with Gasteiger partial charge in [-0.25, -0.2) is 4.39 Å². The lowest BCUT2D eigenvalue weighted by atomic mass is 9.97. The molecule has 0 spiro atoms. The Morgan fingerprint density at radius 3 is 2.69 bits per heavy atom. The highest BCUT2D eigenvalue weighted by Crippen LogP contribution is 2.25. The van der Waals surface area contributed by atoms with Crippen molar-refractivity contribution < 1.29 is 18.7 Å². The number of rotatable bonds is 9. The Kier molecular flexibility index (Phi) is 7.39. The fourth-order valence-electron chi connectivity index (χ4n) is 3.84. The molecule has 2 unspecified atom stereocenters. The molecular weight excluding hydrogens is 369 g/mol. The van der Waals surface area contributed by atoms with Gasteiger partial charge in [0.1, 0.15) is 12.4 Å². The lowest BCUT2D eigenvalue weighted by Crippen LogP contribution is -2.26. The molecule has 1 aliphatic heterocycles. The van der Waals surface area contributed by atoms with Crippen LogP contribution in [0.15, 0.2) is 48.5 Å². The van der Waals surface area contributed by atoms with Gasteiger partial charge in [0.2, 0.25) is 5.91 Å². The summed E-state index contributed by atoms with van der Waals surface area (Å²) in [6.07, 6.45) is 4.50. The molecule has 1 amide bonds. The summed E-state index contributed by atoms with van der Waals surface area (Å²) in [4.78, 5) is 23.9. The summed E-state index contributed by atoms with van der Waals surface area (Å²) in [6.45, 7) is 2.16. The highest BCUT2D eigenvalue weighted by atomic mass is 19.1. The van der Waals surface area contributed by atoms with E-state index < -0.39 is 0 Å². The molecule has 0 radical (unpaired) electrons. The minimum Gasteiger partial charge on any atom is -0.461 e. The molecular formula is C24H28FNO3. The molecule has 1 saturated heterocycles. The van der Waals surface area contributed by atoms with E-state index in [4.69, 9.17) is 4.74 Å². The number of ether oxygens (including phenoxy) is 1. The van der Waals surface area contributed by atoms with E-state index in [9.17, 15) is 14.0 Å². The number of halogens is 1. The molecule has 5 heteroatoms.